The summed E-state index contributed by atoms with van der Waals surface area (Å²) in [5.41, 5.74) is 2.62. The van der Waals surface area contributed by atoms with E-state index in [4.69, 9.17) is 11.6 Å². The first-order valence-electron chi connectivity index (χ1n) is 6.81. The normalized spacial score (nSPS) is 20.1. The van der Waals surface area contributed by atoms with Gasteiger partial charge in [-0.15, -0.1) is 0 Å². The number of nitrogens with zero attached hydrogens (tertiary/aromatic N) is 1. The summed E-state index contributed by atoms with van der Waals surface area (Å²) in [5.74, 6) is 0.110. The maximum absolute atomic E-state index is 10.7. The molecule has 4 heteroatoms. The number of aliphatic imine (C=N–C) groups is 1. The van der Waals surface area contributed by atoms with Crippen molar-refractivity contribution in [3.8, 4) is 5.75 Å². The van der Waals surface area contributed by atoms with Crippen molar-refractivity contribution in [2.24, 2.45) is 4.99 Å². The summed E-state index contributed by atoms with van der Waals surface area (Å²) in [7, 11) is 0. The molecule has 3 rings (SSSR count). The van der Waals surface area contributed by atoms with Crippen molar-refractivity contribution in [1.82, 2.24) is 0 Å². The van der Waals surface area contributed by atoms with Crippen molar-refractivity contribution < 1.29 is 9.90 Å². The average molecular weight is 278 g/mol. The van der Waals surface area contributed by atoms with Crippen LogP contribution in [0.1, 0.15) is 48.8 Å². The van der Waals surface area contributed by atoms with Crippen LogP contribution in [0, 0.1) is 0 Å². The van der Waals surface area contributed by atoms with Gasteiger partial charge in [0.1, 0.15) is 11.3 Å². The lowest BCUT2D eigenvalue weighted by Crippen LogP contribution is -2.10. The van der Waals surface area contributed by atoms with E-state index in [0.29, 0.717) is 5.02 Å². The van der Waals surface area contributed by atoms with Gasteiger partial charge in [0, 0.05) is 5.56 Å². The zero-order valence-corrected chi connectivity index (χ0v) is 11.5. The molecule has 0 heterocycles. The lowest BCUT2D eigenvalue weighted by Gasteiger charge is -2.19. The van der Waals surface area contributed by atoms with E-state index >= 15 is 0 Å². The molecule has 2 aliphatic carbocycles. The van der Waals surface area contributed by atoms with Gasteiger partial charge in [-0.05, 0) is 55.7 Å². The fourth-order valence-electron chi connectivity index (χ4n) is 3.16. The molecule has 1 saturated carbocycles. The number of carbonyl (C=O) groups excluding carboxylic acids is 1. The Bertz CT molecular complexity index is 572. The number of isocyanates is 1. The van der Waals surface area contributed by atoms with Crippen LogP contribution in [0.2, 0.25) is 5.02 Å². The van der Waals surface area contributed by atoms with Crippen LogP contribution in [-0.2, 0) is 23.2 Å². The van der Waals surface area contributed by atoms with Gasteiger partial charge in [0.25, 0.3) is 0 Å². The molecule has 100 valence electrons. The molecule has 0 aromatic heterocycles. The van der Waals surface area contributed by atoms with E-state index in [2.05, 4.69) is 4.99 Å². The fraction of sp³-hybridized carbons (Fsp3) is 0.533. The van der Waals surface area contributed by atoms with Crippen LogP contribution >= 0.6 is 11.6 Å². The number of phenolic OH excluding ortho intramolecular Hbond substituents is 1. The highest BCUT2D eigenvalue weighted by Crippen LogP contribution is 2.55. The standard InChI is InChI=1S/C15H16ClNO2/c16-12-8-10-4-2-1-3-5-11(10)13(14(12)19)15(6-7-15)17-9-18/h8,19H,1-7H2. The Morgan fingerprint density at radius 3 is 2.68 bits per heavy atom. The highest BCUT2D eigenvalue weighted by molar-refractivity contribution is 6.32. The van der Waals surface area contributed by atoms with Crippen LogP contribution in [0.15, 0.2) is 11.1 Å². The minimum absolute atomic E-state index is 0.110. The molecule has 0 aliphatic heterocycles. The quantitative estimate of drug-likeness (QED) is 0.510. The molecule has 1 fully saturated rings. The zero-order chi connectivity index (χ0) is 13.5. The minimum atomic E-state index is -0.550. The van der Waals surface area contributed by atoms with Gasteiger partial charge in [-0.2, -0.15) is 4.99 Å². The van der Waals surface area contributed by atoms with E-state index < -0.39 is 5.54 Å². The first-order chi connectivity index (χ1) is 9.18. The maximum atomic E-state index is 10.7. The first kappa shape index (κ1) is 12.7. The van der Waals surface area contributed by atoms with Crippen molar-refractivity contribution >= 4 is 17.7 Å². The molecular weight excluding hydrogens is 262 g/mol. The van der Waals surface area contributed by atoms with Gasteiger partial charge < -0.3 is 5.11 Å². The van der Waals surface area contributed by atoms with Crippen molar-refractivity contribution in [3.63, 3.8) is 0 Å². The Morgan fingerprint density at radius 2 is 2.00 bits per heavy atom. The molecule has 0 spiro atoms. The number of phenols is 1. The molecule has 0 radical (unpaired) electrons. The number of benzene rings is 1. The SMILES string of the molecule is O=C=NC1(c2c(O)c(Cl)cc3c2CCCCC3)CC1. The van der Waals surface area contributed by atoms with Crippen LogP contribution in [0.25, 0.3) is 0 Å². The third-order valence-corrected chi connectivity index (χ3v) is 4.56. The van der Waals surface area contributed by atoms with Gasteiger partial charge in [0.15, 0.2) is 0 Å². The Hall–Kier alpha value is -1.31. The smallest absolute Gasteiger partial charge is 0.235 e. The summed E-state index contributed by atoms with van der Waals surface area (Å²) in [4.78, 5) is 14.6. The van der Waals surface area contributed by atoms with Crippen LogP contribution in [-0.4, -0.2) is 11.2 Å². The Kier molecular flexibility index (Phi) is 3.12. The van der Waals surface area contributed by atoms with Crippen molar-refractivity contribution in [2.75, 3.05) is 0 Å². The van der Waals surface area contributed by atoms with Crippen LogP contribution < -0.4 is 0 Å². The molecule has 0 saturated heterocycles. The highest BCUT2D eigenvalue weighted by atomic mass is 35.5. The van der Waals surface area contributed by atoms with E-state index in [-0.39, 0.29) is 5.75 Å². The highest BCUT2D eigenvalue weighted by Gasteiger charge is 2.48. The average Bonchev–Trinajstić information content (AvgIpc) is 3.16. The maximum Gasteiger partial charge on any atom is 0.235 e. The van der Waals surface area contributed by atoms with E-state index in [0.717, 1.165) is 49.7 Å². The monoisotopic (exact) mass is 277 g/mol. The predicted octanol–water partition coefficient (Wildman–Crippen LogP) is 3.64. The number of hydrogen-bond acceptors (Lipinski definition) is 3. The molecule has 1 aromatic carbocycles. The van der Waals surface area contributed by atoms with Crippen molar-refractivity contribution in [2.45, 2.75) is 50.5 Å². The number of aryl methyl sites for hydroxylation is 1. The molecule has 0 bridgehead atoms. The molecule has 0 unspecified atom stereocenters. The topological polar surface area (TPSA) is 49.7 Å². The van der Waals surface area contributed by atoms with Gasteiger partial charge in [0.05, 0.1) is 5.02 Å². The number of fused-ring (bicyclic) bond motifs is 1. The van der Waals surface area contributed by atoms with Crippen molar-refractivity contribution in [1.29, 1.82) is 0 Å². The van der Waals surface area contributed by atoms with Crippen molar-refractivity contribution in [3.05, 3.63) is 27.8 Å². The van der Waals surface area contributed by atoms with E-state index in [9.17, 15) is 9.90 Å². The molecule has 1 aromatic rings. The molecule has 2 aliphatic rings. The Balaban J connectivity index is 2.22. The lowest BCUT2D eigenvalue weighted by atomic mass is 9.90. The largest absolute Gasteiger partial charge is 0.506 e. The van der Waals surface area contributed by atoms with Crippen LogP contribution in [0.3, 0.4) is 0 Å². The summed E-state index contributed by atoms with van der Waals surface area (Å²) in [5, 5.41) is 10.7. The summed E-state index contributed by atoms with van der Waals surface area (Å²) in [6.45, 7) is 0. The van der Waals surface area contributed by atoms with Crippen LogP contribution in [0.4, 0.5) is 0 Å². The molecular formula is C15H16ClNO2. The molecule has 0 atom stereocenters. The first-order valence-corrected chi connectivity index (χ1v) is 7.18. The number of halogens is 1. The predicted molar refractivity (Wildman–Crippen MR) is 73.4 cm³/mol. The van der Waals surface area contributed by atoms with Gasteiger partial charge in [0.2, 0.25) is 6.08 Å². The number of rotatable bonds is 2. The minimum Gasteiger partial charge on any atom is -0.506 e. The van der Waals surface area contributed by atoms with E-state index in [1.54, 1.807) is 6.08 Å². The van der Waals surface area contributed by atoms with Gasteiger partial charge in [-0.1, -0.05) is 18.0 Å². The summed E-state index contributed by atoms with van der Waals surface area (Å²) < 4.78 is 0. The zero-order valence-electron chi connectivity index (χ0n) is 10.7. The Morgan fingerprint density at radius 1 is 1.26 bits per heavy atom. The summed E-state index contributed by atoms with van der Waals surface area (Å²) in [6.07, 6.45) is 8.63. The fourth-order valence-corrected chi connectivity index (χ4v) is 3.38. The number of hydrogen-bond donors (Lipinski definition) is 1. The second-order valence-electron chi connectivity index (χ2n) is 5.52. The van der Waals surface area contributed by atoms with E-state index in [1.807, 2.05) is 6.07 Å². The third kappa shape index (κ3) is 2.07. The molecule has 19 heavy (non-hydrogen) atoms. The lowest BCUT2D eigenvalue weighted by molar-refractivity contribution is 0.457. The van der Waals surface area contributed by atoms with Gasteiger partial charge in [-0.3, -0.25) is 0 Å². The molecule has 3 nitrogen and oxygen atoms in total. The van der Waals surface area contributed by atoms with Gasteiger partial charge in [-0.25, -0.2) is 4.79 Å². The van der Waals surface area contributed by atoms with Gasteiger partial charge >= 0.3 is 0 Å². The van der Waals surface area contributed by atoms with Crippen LogP contribution in [0.5, 0.6) is 5.75 Å². The second kappa shape index (κ2) is 4.66. The summed E-state index contributed by atoms with van der Waals surface area (Å²) in [6, 6.07) is 1.88. The number of aromatic hydroxyl groups is 1. The van der Waals surface area contributed by atoms with E-state index in [1.165, 1.54) is 12.0 Å². The molecule has 0 amide bonds. The molecule has 1 N–H and O–H groups in total. The third-order valence-electron chi connectivity index (χ3n) is 4.27. The Labute approximate surface area is 117 Å². The second-order valence-corrected chi connectivity index (χ2v) is 5.92. The summed E-state index contributed by atoms with van der Waals surface area (Å²) >= 11 is 6.15.